The van der Waals surface area contributed by atoms with Crippen LogP contribution in [0.15, 0.2) is 0 Å². The Morgan fingerprint density at radius 1 is 1.20 bits per heavy atom. The first-order valence-corrected chi connectivity index (χ1v) is 3.22. The van der Waals surface area contributed by atoms with Crippen molar-refractivity contribution >= 4 is 29.0 Å². The predicted octanol–water partition coefficient (Wildman–Crippen LogP) is 2.40. The van der Waals surface area contributed by atoms with E-state index in [9.17, 15) is 13.6 Å². The summed E-state index contributed by atoms with van der Waals surface area (Å²) in [6.45, 7) is 1.47. The number of hydrogen-bond acceptors (Lipinski definition) is 1. The second-order valence-corrected chi connectivity index (χ2v) is 3.53. The lowest BCUT2D eigenvalue weighted by atomic mass is 10.2. The Bertz CT molecular complexity index is 129. The first-order chi connectivity index (χ1) is 4.15. The summed E-state index contributed by atoms with van der Waals surface area (Å²) in [6, 6.07) is 0. The number of alkyl halides is 4. The van der Waals surface area contributed by atoms with Gasteiger partial charge in [-0.1, -0.05) is 23.2 Å². The molecule has 0 bridgehead atoms. The molecule has 0 aliphatic carbocycles. The van der Waals surface area contributed by atoms with Crippen LogP contribution in [0.2, 0.25) is 0 Å². The van der Waals surface area contributed by atoms with E-state index in [-0.39, 0.29) is 0 Å². The zero-order chi connectivity index (χ0) is 8.58. The zero-order valence-electron chi connectivity index (χ0n) is 5.42. The highest BCUT2D eigenvalue weighted by atomic mass is 35.5. The summed E-state index contributed by atoms with van der Waals surface area (Å²) in [5, 5.41) is -5.46. The monoisotopic (exact) mass is 190 g/mol. The van der Waals surface area contributed by atoms with Gasteiger partial charge in [0.15, 0.2) is 0 Å². The number of hydrogen-bond donors (Lipinski definition) is 0. The summed E-state index contributed by atoms with van der Waals surface area (Å²) in [5.41, 5.74) is 0. The van der Waals surface area contributed by atoms with Crippen molar-refractivity contribution in [3.05, 3.63) is 0 Å². The maximum absolute atomic E-state index is 12.4. The summed E-state index contributed by atoms with van der Waals surface area (Å²) in [7, 11) is 0. The van der Waals surface area contributed by atoms with E-state index in [0.717, 1.165) is 13.8 Å². The smallest absolute Gasteiger partial charge is 0.243 e. The molecule has 60 valence electrons. The minimum atomic E-state index is -2.73. The normalized spacial score (nSPS) is 23.0. The fraction of sp³-hybridized carbons (Fsp3) is 0.800. The van der Waals surface area contributed by atoms with Crippen molar-refractivity contribution in [3.8, 4) is 0 Å². The van der Waals surface area contributed by atoms with Gasteiger partial charge in [-0.25, -0.2) is 8.78 Å². The molecule has 0 saturated carbocycles. The van der Waals surface area contributed by atoms with Gasteiger partial charge in [-0.2, -0.15) is 0 Å². The Labute approximate surface area is 67.3 Å². The third-order valence-corrected chi connectivity index (χ3v) is 1.14. The van der Waals surface area contributed by atoms with Gasteiger partial charge in [0.1, 0.15) is 0 Å². The molecule has 0 aliphatic rings. The quantitative estimate of drug-likeness (QED) is 0.612. The van der Waals surface area contributed by atoms with E-state index in [1.54, 1.807) is 0 Å². The lowest BCUT2D eigenvalue weighted by Crippen LogP contribution is -2.36. The molecule has 0 N–H and O–H groups in total. The van der Waals surface area contributed by atoms with Crippen LogP contribution in [-0.4, -0.2) is 16.0 Å². The van der Waals surface area contributed by atoms with Gasteiger partial charge in [-0.15, -0.1) is 0 Å². The van der Waals surface area contributed by atoms with Gasteiger partial charge >= 0.3 is 0 Å². The van der Waals surface area contributed by atoms with Crippen molar-refractivity contribution in [3.63, 3.8) is 0 Å². The van der Waals surface area contributed by atoms with Crippen LogP contribution in [0, 0.1) is 0 Å². The van der Waals surface area contributed by atoms with Gasteiger partial charge in [-0.3, -0.25) is 4.79 Å². The third-order valence-electron chi connectivity index (χ3n) is 0.797. The third kappa shape index (κ3) is 2.80. The largest absolute Gasteiger partial charge is 0.290 e. The zero-order valence-corrected chi connectivity index (χ0v) is 6.93. The molecule has 0 heterocycles. The van der Waals surface area contributed by atoms with Crippen LogP contribution in [0.5, 0.6) is 0 Å². The van der Waals surface area contributed by atoms with Crippen LogP contribution in [0.4, 0.5) is 8.78 Å². The Morgan fingerprint density at radius 3 is 1.40 bits per heavy atom. The average Bonchev–Trinajstić information content (AvgIpc) is 1.59. The summed E-state index contributed by atoms with van der Waals surface area (Å²) in [4.78, 5) is 10.5. The van der Waals surface area contributed by atoms with Crippen LogP contribution < -0.4 is 0 Å². The molecule has 0 aromatic carbocycles. The minimum absolute atomic E-state index is 0.733. The highest BCUT2D eigenvalue weighted by Gasteiger charge is 2.43. The fourth-order valence-corrected chi connectivity index (χ4v) is 0.789. The minimum Gasteiger partial charge on any atom is -0.290 e. The number of carbonyl (C=O) groups is 1. The van der Waals surface area contributed by atoms with Gasteiger partial charge in [0.25, 0.3) is 0 Å². The summed E-state index contributed by atoms with van der Waals surface area (Å²) < 4.78 is 24.7. The van der Waals surface area contributed by atoms with Crippen molar-refractivity contribution in [2.45, 2.75) is 24.1 Å². The van der Waals surface area contributed by atoms with Crippen LogP contribution in [0.25, 0.3) is 0 Å². The molecule has 10 heavy (non-hydrogen) atoms. The SMILES string of the molecule is CC(F)(Cl)C(=O)C(C)(F)Cl. The topological polar surface area (TPSA) is 17.1 Å². The van der Waals surface area contributed by atoms with Crippen LogP contribution in [-0.2, 0) is 4.79 Å². The van der Waals surface area contributed by atoms with Gasteiger partial charge < -0.3 is 0 Å². The molecular weight excluding hydrogens is 185 g/mol. The number of halogens is 4. The Kier molecular flexibility index (Phi) is 2.65. The van der Waals surface area contributed by atoms with Crippen molar-refractivity contribution < 1.29 is 13.6 Å². The molecule has 2 unspecified atom stereocenters. The lowest BCUT2D eigenvalue weighted by molar-refractivity contribution is -0.131. The predicted molar refractivity (Wildman–Crippen MR) is 35.7 cm³/mol. The number of ketones is 1. The number of carbonyl (C=O) groups excluding carboxylic acids is 1. The Hall–Kier alpha value is 0.110. The van der Waals surface area contributed by atoms with E-state index in [1.165, 1.54) is 0 Å². The van der Waals surface area contributed by atoms with Gasteiger partial charge in [0.2, 0.25) is 16.0 Å². The maximum Gasteiger partial charge on any atom is 0.243 e. The molecule has 0 rings (SSSR count). The molecule has 5 heteroatoms. The maximum atomic E-state index is 12.4. The highest BCUT2D eigenvalue weighted by Crippen LogP contribution is 2.29. The highest BCUT2D eigenvalue weighted by molar-refractivity contribution is 6.43. The van der Waals surface area contributed by atoms with Crippen molar-refractivity contribution in [2.24, 2.45) is 0 Å². The Morgan fingerprint density at radius 2 is 1.40 bits per heavy atom. The summed E-state index contributed by atoms with van der Waals surface area (Å²) in [6.07, 6.45) is 0. The molecule has 0 amide bonds. The van der Waals surface area contributed by atoms with Gasteiger partial charge in [0.05, 0.1) is 0 Å². The first kappa shape index (κ1) is 10.1. The second kappa shape index (κ2) is 2.62. The standard InChI is InChI=1S/C5H6Cl2F2O/c1-4(6,8)3(10)5(2,7)9/h1-2H3. The fourth-order valence-electron chi connectivity index (χ4n) is 0.385. The molecular formula is C5H6Cl2F2O. The second-order valence-electron chi connectivity index (χ2n) is 2.11. The first-order valence-electron chi connectivity index (χ1n) is 2.46. The van der Waals surface area contributed by atoms with Crippen molar-refractivity contribution in [2.75, 3.05) is 0 Å². The summed E-state index contributed by atoms with van der Waals surface area (Å²) >= 11 is 9.66. The van der Waals surface area contributed by atoms with E-state index < -0.39 is 16.0 Å². The van der Waals surface area contributed by atoms with Gasteiger partial charge in [-0.05, 0) is 13.8 Å². The molecule has 0 spiro atoms. The molecule has 0 aliphatic heterocycles. The molecule has 0 aromatic heterocycles. The molecule has 0 saturated heterocycles. The molecule has 0 radical (unpaired) electrons. The van der Waals surface area contributed by atoms with Crippen LogP contribution in [0.3, 0.4) is 0 Å². The average molecular weight is 191 g/mol. The van der Waals surface area contributed by atoms with E-state index >= 15 is 0 Å². The van der Waals surface area contributed by atoms with Crippen molar-refractivity contribution in [1.82, 2.24) is 0 Å². The number of Topliss-reactive ketones (excluding diaryl/α,β-unsaturated/α-hetero) is 1. The molecule has 0 aromatic rings. The molecule has 2 atom stereocenters. The Balaban J connectivity index is 4.40. The van der Waals surface area contributed by atoms with E-state index in [2.05, 4.69) is 0 Å². The molecule has 0 fully saturated rings. The lowest BCUT2D eigenvalue weighted by Gasteiger charge is -2.16. The van der Waals surface area contributed by atoms with Crippen molar-refractivity contribution in [1.29, 1.82) is 0 Å². The molecule has 1 nitrogen and oxygen atoms in total. The van der Waals surface area contributed by atoms with E-state index in [0.29, 0.717) is 0 Å². The van der Waals surface area contributed by atoms with Crippen LogP contribution >= 0.6 is 23.2 Å². The van der Waals surface area contributed by atoms with Gasteiger partial charge in [0, 0.05) is 0 Å². The number of rotatable bonds is 2. The van der Waals surface area contributed by atoms with Crippen LogP contribution in [0.1, 0.15) is 13.8 Å². The van der Waals surface area contributed by atoms with E-state index in [4.69, 9.17) is 23.2 Å². The van der Waals surface area contributed by atoms with E-state index in [1.807, 2.05) is 0 Å². The summed E-state index contributed by atoms with van der Waals surface area (Å²) in [5.74, 6) is -1.48.